The predicted molar refractivity (Wildman–Crippen MR) is 146 cm³/mol. The normalized spacial score (nSPS) is 16.7. The molecule has 1 aliphatic rings. The summed E-state index contributed by atoms with van der Waals surface area (Å²) in [5.41, 5.74) is 2.48. The van der Waals surface area contributed by atoms with E-state index >= 15 is 0 Å². The van der Waals surface area contributed by atoms with Crippen LogP contribution in [0.5, 0.6) is 0 Å². The standard InChI is InChI=1S/C18H16NO2.3C4H9.Sn/c20-18-19(12-11-15-7-3-1-4-8-15)17(14-21-18)13-16-9-5-2-6-10-16;3*1-3-4-2;/h1-11,17H,13-14H2;3*1,3-4H2,2H3;/t17-;;;;/m0..../s1. The van der Waals surface area contributed by atoms with Gasteiger partial charge in [0.15, 0.2) is 0 Å². The van der Waals surface area contributed by atoms with Gasteiger partial charge in [-0.3, -0.25) is 0 Å². The molecule has 0 unspecified atom stereocenters. The number of ether oxygens (including phenoxy) is 1. The molecule has 1 atom stereocenters. The minimum absolute atomic E-state index is 0.0748. The van der Waals surface area contributed by atoms with E-state index in [0.29, 0.717) is 6.61 Å². The van der Waals surface area contributed by atoms with Crippen LogP contribution in [-0.4, -0.2) is 42.0 Å². The number of carbonyl (C=O) groups is 1. The Hall–Kier alpha value is -1.75. The van der Waals surface area contributed by atoms with Crippen molar-refractivity contribution >= 4 is 30.5 Å². The van der Waals surface area contributed by atoms with Crippen molar-refractivity contribution in [3.05, 3.63) is 75.5 Å². The molecule has 0 bridgehead atoms. The number of benzene rings is 2. The van der Waals surface area contributed by atoms with Gasteiger partial charge in [-0.05, 0) is 0 Å². The van der Waals surface area contributed by atoms with Crippen molar-refractivity contribution in [3.8, 4) is 0 Å². The first kappa shape index (κ1) is 26.8. The summed E-state index contributed by atoms with van der Waals surface area (Å²) in [5, 5.41) is 0. The maximum absolute atomic E-state index is 13.4. The van der Waals surface area contributed by atoms with Gasteiger partial charge in [-0.25, -0.2) is 0 Å². The Kier molecular flexibility index (Phi) is 11.0. The number of cyclic esters (lactones) is 1. The number of carbonyl (C=O) groups excluding carboxylic acids is 1. The first-order valence-corrected chi connectivity index (χ1v) is 20.9. The molecule has 184 valence electrons. The fourth-order valence-corrected chi connectivity index (χ4v) is 22.0. The molecule has 1 heterocycles. The summed E-state index contributed by atoms with van der Waals surface area (Å²) in [7, 11) is 0. The van der Waals surface area contributed by atoms with Gasteiger partial charge >= 0.3 is 212 Å². The summed E-state index contributed by atoms with van der Waals surface area (Å²) >= 11 is -2.94. The van der Waals surface area contributed by atoms with Crippen molar-refractivity contribution in [2.24, 2.45) is 0 Å². The Morgan fingerprint density at radius 1 is 0.882 bits per heavy atom. The second kappa shape index (κ2) is 14.0. The molecule has 3 rings (SSSR count). The Bertz CT molecular complexity index is 875. The average Bonchev–Trinajstić information content (AvgIpc) is 3.23. The van der Waals surface area contributed by atoms with Crippen LogP contribution in [0.25, 0.3) is 6.08 Å². The van der Waals surface area contributed by atoms with Gasteiger partial charge in [-0.15, -0.1) is 0 Å². The first-order chi connectivity index (χ1) is 16.6. The molecule has 0 N–H and O–H groups in total. The maximum atomic E-state index is 13.4. The average molecular weight is 568 g/mol. The number of unbranched alkanes of at least 4 members (excludes halogenated alkanes) is 3. The number of rotatable bonds is 14. The van der Waals surface area contributed by atoms with Crippen LogP contribution in [0, 0.1) is 0 Å². The van der Waals surface area contributed by atoms with E-state index in [1.165, 1.54) is 66.7 Å². The van der Waals surface area contributed by atoms with Crippen LogP contribution in [0.2, 0.25) is 13.3 Å². The third-order valence-electron chi connectivity index (χ3n) is 7.21. The topological polar surface area (TPSA) is 29.5 Å². The molecule has 0 aromatic heterocycles. The Balaban J connectivity index is 2.10. The molecule has 0 saturated carbocycles. The molecular formula is C30H43NO2Sn. The van der Waals surface area contributed by atoms with Gasteiger partial charge < -0.3 is 0 Å². The molecule has 3 nitrogen and oxygen atoms in total. The molecule has 1 fully saturated rings. The second-order valence-corrected chi connectivity index (χ2v) is 22.9. The number of hydrogen-bond acceptors (Lipinski definition) is 2. The SMILES string of the molecule is CCC[CH2][Sn]([CH2]CCC)([CH2]CCC)/[C](=C\c1ccccc1)N1C(=O)OC[C@@H]1Cc1ccccc1. The van der Waals surface area contributed by atoms with E-state index in [2.05, 4.69) is 92.4 Å². The Labute approximate surface area is 211 Å². The zero-order valence-electron chi connectivity index (χ0n) is 21.5. The number of amides is 1. The van der Waals surface area contributed by atoms with E-state index in [1.54, 1.807) is 0 Å². The van der Waals surface area contributed by atoms with Crippen LogP contribution in [0.3, 0.4) is 0 Å². The predicted octanol–water partition coefficient (Wildman–Crippen LogP) is 8.48. The van der Waals surface area contributed by atoms with Crippen LogP contribution in [0.4, 0.5) is 4.79 Å². The van der Waals surface area contributed by atoms with E-state index in [0.717, 1.165) is 6.42 Å². The van der Waals surface area contributed by atoms with Crippen LogP contribution < -0.4 is 0 Å². The summed E-state index contributed by atoms with van der Waals surface area (Å²) in [4.78, 5) is 15.5. The van der Waals surface area contributed by atoms with Gasteiger partial charge in [0.2, 0.25) is 0 Å². The summed E-state index contributed by atoms with van der Waals surface area (Å²) in [6, 6.07) is 21.3. The minimum atomic E-state index is -2.94. The van der Waals surface area contributed by atoms with Gasteiger partial charge in [0.05, 0.1) is 0 Å². The molecule has 0 spiro atoms. The second-order valence-electron chi connectivity index (χ2n) is 9.82. The Morgan fingerprint density at radius 2 is 1.41 bits per heavy atom. The van der Waals surface area contributed by atoms with E-state index in [1.807, 2.05) is 0 Å². The van der Waals surface area contributed by atoms with Gasteiger partial charge in [-0.1, -0.05) is 0 Å². The molecule has 34 heavy (non-hydrogen) atoms. The molecule has 0 radical (unpaired) electrons. The van der Waals surface area contributed by atoms with E-state index in [-0.39, 0.29) is 12.1 Å². The Morgan fingerprint density at radius 3 is 1.94 bits per heavy atom. The molecule has 1 aliphatic heterocycles. The molecule has 0 aliphatic carbocycles. The van der Waals surface area contributed by atoms with Crippen molar-refractivity contribution in [1.29, 1.82) is 0 Å². The van der Waals surface area contributed by atoms with Gasteiger partial charge in [-0.2, -0.15) is 0 Å². The molecule has 1 amide bonds. The summed E-state index contributed by atoms with van der Waals surface area (Å²) in [5.74, 6) is 0. The first-order valence-electron chi connectivity index (χ1n) is 13.4. The monoisotopic (exact) mass is 569 g/mol. The summed E-state index contributed by atoms with van der Waals surface area (Å²) < 4.78 is 11.1. The third kappa shape index (κ3) is 7.13. The van der Waals surface area contributed by atoms with E-state index in [4.69, 9.17) is 4.74 Å². The quantitative estimate of drug-likeness (QED) is 0.214. The van der Waals surface area contributed by atoms with E-state index < -0.39 is 18.4 Å². The van der Waals surface area contributed by atoms with Crippen molar-refractivity contribution in [1.82, 2.24) is 4.90 Å². The number of nitrogens with zero attached hydrogens (tertiary/aromatic N) is 1. The van der Waals surface area contributed by atoms with Gasteiger partial charge in [0.25, 0.3) is 0 Å². The van der Waals surface area contributed by atoms with Crippen molar-refractivity contribution in [3.63, 3.8) is 0 Å². The molecule has 1 saturated heterocycles. The van der Waals surface area contributed by atoms with Crippen LogP contribution in [-0.2, 0) is 11.2 Å². The summed E-state index contributed by atoms with van der Waals surface area (Å²) in [6.45, 7) is 7.40. The molecule has 2 aromatic rings. The van der Waals surface area contributed by atoms with Gasteiger partial charge in [0.1, 0.15) is 0 Å². The van der Waals surface area contributed by atoms with Crippen molar-refractivity contribution < 1.29 is 9.53 Å². The fourth-order valence-electron chi connectivity index (χ4n) is 5.28. The van der Waals surface area contributed by atoms with Crippen LogP contribution in [0.15, 0.2) is 64.4 Å². The zero-order chi connectivity index (χ0) is 24.2. The summed E-state index contributed by atoms with van der Waals surface area (Å²) in [6.07, 6.45) is 10.5. The molecule has 4 heteroatoms. The fraction of sp³-hybridized carbons (Fsp3) is 0.500. The van der Waals surface area contributed by atoms with E-state index in [9.17, 15) is 4.79 Å². The zero-order valence-corrected chi connectivity index (χ0v) is 24.3. The number of hydrogen-bond donors (Lipinski definition) is 0. The van der Waals surface area contributed by atoms with Crippen molar-refractivity contribution in [2.45, 2.75) is 85.1 Å². The third-order valence-corrected chi connectivity index (χ3v) is 22.6. The van der Waals surface area contributed by atoms with Crippen LogP contribution in [0.1, 0.15) is 70.4 Å². The molecule has 2 aromatic carbocycles. The van der Waals surface area contributed by atoms with Crippen LogP contribution >= 0.6 is 0 Å². The van der Waals surface area contributed by atoms with Gasteiger partial charge in [0, 0.05) is 0 Å². The van der Waals surface area contributed by atoms with Crippen molar-refractivity contribution in [2.75, 3.05) is 6.61 Å². The molecular weight excluding hydrogens is 525 g/mol.